The highest BCUT2D eigenvalue weighted by molar-refractivity contribution is 7.18. The molecule has 1 aliphatic carbocycles. The van der Waals surface area contributed by atoms with Crippen LogP contribution < -0.4 is 10.1 Å². The van der Waals surface area contributed by atoms with Crippen molar-refractivity contribution in [2.45, 2.75) is 38.1 Å². The van der Waals surface area contributed by atoms with Crippen LogP contribution in [-0.4, -0.2) is 29.1 Å². The molecule has 2 N–H and O–H groups in total. The number of benzene rings is 2. The van der Waals surface area contributed by atoms with Gasteiger partial charge in [0, 0.05) is 18.4 Å². The van der Waals surface area contributed by atoms with E-state index in [1.165, 1.54) is 7.11 Å². The number of amides is 1. The Morgan fingerprint density at radius 3 is 2.77 bits per heavy atom. The number of rotatable bonds is 6. The van der Waals surface area contributed by atoms with E-state index in [9.17, 15) is 14.7 Å². The lowest BCUT2D eigenvalue weighted by Gasteiger charge is -2.29. The predicted octanol–water partition coefficient (Wildman–Crippen LogP) is 4.59. The molecule has 3 aromatic rings. The summed E-state index contributed by atoms with van der Waals surface area (Å²) in [6, 6.07) is 13.0. The van der Waals surface area contributed by atoms with E-state index in [1.54, 1.807) is 29.5 Å². The summed E-state index contributed by atoms with van der Waals surface area (Å²) < 4.78 is 6.25. The fourth-order valence-corrected chi connectivity index (χ4v) is 5.31. The van der Waals surface area contributed by atoms with Gasteiger partial charge in [-0.1, -0.05) is 31.0 Å². The smallest absolute Gasteiger partial charge is 0.339 e. The molecule has 2 unspecified atom stereocenters. The second-order valence-corrected chi connectivity index (χ2v) is 8.64. The van der Waals surface area contributed by atoms with Crippen LogP contribution in [0.2, 0.25) is 0 Å². The van der Waals surface area contributed by atoms with Gasteiger partial charge in [-0.2, -0.15) is 0 Å². The van der Waals surface area contributed by atoms with Gasteiger partial charge in [0.05, 0.1) is 22.3 Å². The number of thiazole rings is 1. The normalized spacial score (nSPS) is 18.8. The molecule has 156 valence electrons. The fourth-order valence-electron chi connectivity index (χ4n) is 4.14. The summed E-state index contributed by atoms with van der Waals surface area (Å²) in [5.41, 5.74) is 1.81. The van der Waals surface area contributed by atoms with E-state index in [0.29, 0.717) is 5.75 Å². The van der Waals surface area contributed by atoms with Crippen molar-refractivity contribution in [2.75, 3.05) is 7.11 Å². The molecular formula is C23H24N2O4S. The van der Waals surface area contributed by atoms with Crippen molar-refractivity contribution in [3.63, 3.8) is 0 Å². The topological polar surface area (TPSA) is 88.5 Å². The van der Waals surface area contributed by atoms with Gasteiger partial charge in [0.25, 0.3) is 0 Å². The Kier molecular flexibility index (Phi) is 5.99. The van der Waals surface area contributed by atoms with E-state index >= 15 is 0 Å². The van der Waals surface area contributed by atoms with Gasteiger partial charge in [0.2, 0.25) is 5.91 Å². The summed E-state index contributed by atoms with van der Waals surface area (Å²) in [6.07, 6.45) is 3.94. The predicted molar refractivity (Wildman–Crippen MR) is 116 cm³/mol. The van der Waals surface area contributed by atoms with Crippen LogP contribution in [0.5, 0.6) is 5.75 Å². The maximum atomic E-state index is 13.0. The van der Waals surface area contributed by atoms with Crippen molar-refractivity contribution in [1.29, 1.82) is 0 Å². The molecule has 1 aliphatic rings. The second-order valence-electron chi connectivity index (χ2n) is 7.57. The minimum Gasteiger partial charge on any atom is -0.496 e. The van der Waals surface area contributed by atoms with Crippen LogP contribution in [-0.2, 0) is 11.3 Å². The number of hydrogen-bond donors (Lipinski definition) is 2. The number of nitrogens with one attached hydrogen (secondary N) is 1. The lowest BCUT2D eigenvalue weighted by atomic mass is 9.79. The molecule has 4 rings (SSSR count). The van der Waals surface area contributed by atoms with Crippen molar-refractivity contribution < 1.29 is 19.4 Å². The number of carbonyl (C=O) groups excluding carboxylic acids is 1. The van der Waals surface area contributed by atoms with Crippen LogP contribution in [0.1, 0.15) is 52.5 Å². The van der Waals surface area contributed by atoms with Crippen LogP contribution >= 0.6 is 11.3 Å². The molecule has 1 fully saturated rings. The zero-order valence-corrected chi connectivity index (χ0v) is 17.6. The van der Waals surface area contributed by atoms with Crippen molar-refractivity contribution in [2.24, 2.45) is 5.92 Å². The Morgan fingerprint density at radius 2 is 2.00 bits per heavy atom. The lowest BCUT2D eigenvalue weighted by Crippen LogP contribution is -2.35. The lowest BCUT2D eigenvalue weighted by molar-refractivity contribution is -0.126. The highest BCUT2D eigenvalue weighted by atomic mass is 32.1. The Labute approximate surface area is 178 Å². The minimum absolute atomic E-state index is 0.00616. The van der Waals surface area contributed by atoms with E-state index < -0.39 is 5.97 Å². The summed E-state index contributed by atoms with van der Waals surface area (Å²) >= 11 is 1.68. The number of nitrogens with zero attached hydrogens (tertiary/aromatic N) is 1. The summed E-state index contributed by atoms with van der Waals surface area (Å²) in [6.45, 7) is 0.284. The van der Waals surface area contributed by atoms with Gasteiger partial charge in [-0.3, -0.25) is 4.79 Å². The number of para-hydroxylation sites is 1. The first-order valence-electron chi connectivity index (χ1n) is 10.1. The molecule has 0 aliphatic heterocycles. The molecule has 6 nitrogen and oxygen atoms in total. The van der Waals surface area contributed by atoms with Gasteiger partial charge in [0.15, 0.2) is 0 Å². The zero-order valence-electron chi connectivity index (χ0n) is 16.8. The van der Waals surface area contributed by atoms with Crippen LogP contribution in [0.15, 0.2) is 42.5 Å². The molecule has 1 saturated carbocycles. The maximum Gasteiger partial charge on any atom is 0.339 e. The number of aromatic nitrogens is 1. The molecule has 1 amide bonds. The Balaban J connectivity index is 1.49. The average Bonchev–Trinajstić information content (AvgIpc) is 3.21. The van der Waals surface area contributed by atoms with Gasteiger partial charge < -0.3 is 15.2 Å². The van der Waals surface area contributed by atoms with E-state index in [1.807, 2.05) is 18.2 Å². The number of ether oxygens (including phenoxy) is 1. The Bertz CT molecular complexity index is 1050. The maximum absolute atomic E-state index is 13.0. The van der Waals surface area contributed by atoms with Crippen LogP contribution in [0, 0.1) is 5.92 Å². The Hall–Kier alpha value is -2.93. The van der Waals surface area contributed by atoms with E-state index in [-0.39, 0.29) is 29.9 Å². The quantitative estimate of drug-likeness (QED) is 0.604. The van der Waals surface area contributed by atoms with Crippen molar-refractivity contribution in [3.05, 3.63) is 58.6 Å². The standard InChI is InChI=1S/C23H24N2O4S/c1-29-19-11-10-14(12-17(19)23(27)28)13-24-21(26)15-6-2-3-7-16(15)22-25-18-8-4-5-9-20(18)30-22/h4-5,8-12,15-16H,2-3,6-7,13H2,1H3,(H,24,26)(H,27,28). The van der Waals surface area contributed by atoms with Crippen LogP contribution in [0.25, 0.3) is 10.2 Å². The highest BCUT2D eigenvalue weighted by Crippen LogP contribution is 2.41. The summed E-state index contributed by atoms with van der Waals surface area (Å²) in [4.78, 5) is 29.3. The molecule has 2 aromatic carbocycles. The van der Waals surface area contributed by atoms with Gasteiger partial charge in [-0.25, -0.2) is 9.78 Å². The van der Waals surface area contributed by atoms with Gasteiger partial charge >= 0.3 is 5.97 Å². The molecule has 0 bridgehead atoms. The first-order valence-corrected chi connectivity index (χ1v) is 10.9. The molecule has 30 heavy (non-hydrogen) atoms. The fraction of sp³-hybridized carbons (Fsp3) is 0.348. The average molecular weight is 425 g/mol. The number of carboxylic acids is 1. The SMILES string of the molecule is COc1ccc(CNC(=O)C2CCCCC2c2nc3ccccc3s2)cc1C(=O)O. The number of carbonyl (C=O) groups is 2. The molecular weight excluding hydrogens is 400 g/mol. The van der Waals surface area contributed by atoms with Crippen LogP contribution in [0.4, 0.5) is 0 Å². The second kappa shape index (κ2) is 8.83. The summed E-state index contributed by atoms with van der Waals surface area (Å²) in [5.74, 6) is -0.728. The first kappa shape index (κ1) is 20.3. The number of aromatic carboxylic acids is 1. The van der Waals surface area contributed by atoms with Gasteiger partial charge in [0.1, 0.15) is 11.3 Å². The monoisotopic (exact) mass is 424 g/mol. The first-order chi connectivity index (χ1) is 14.6. The van der Waals surface area contributed by atoms with Crippen LogP contribution in [0.3, 0.4) is 0 Å². The summed E-state index contributed by atoms with van der Waals surface area (Å²) in [5, 5.41) is 13.4. The van der Waals surface area contributed by atoms with E-state index in [2.05, 4.69) is 11.4 Å². The molecule has 1 aromatic heterocycles. The molecule has 0 radical (unpaired) electrons. The number of methoxy groups -OCH3 is 1. The highest BCUT2D eigenvalue weighted by Gasteiger charge is 2.34. The molecule has 1 heterocycles. The van der Waals surface area contributed by atoms with Crippen molar-refractivity contribution >= 4 is 33.4 Å². The van der Waals surface area contributed by atoms with E-state index in [0.717, 1.165) is 46.5 Å². The molecule has 7 heteroatoms. The largest absolute Gasteiger partial charge is 0.496 e. The zero-order chi connectivity index (χ0) is 21.1. The third kappa shape index (κ3) is 4.16. The number of hydrogen-bond acceptors (Lipinski definition) is 5. The molecule has 0 spiro atoms. The molecule has 0 saturated heterocycles. The third-order valence-electron chi connectivity index (χ3n) is 5.69. The van der Waals surface area contributed by atoms with Gasteiger partial charge in [-0.15, -0.1) is 11.3 Å². The minimum atomic E-state index is -1.05. The van der Waals surface area contributed by atoms with Gasteiger partial charge in [-0.05, 0) is 42.7 Å². The third-order valence-corrected chi connectivity index (χ3v) is 6.86. The molecule has 2 atom stereocenters. The van der Waals surface area contributed by atoms with E-state index in [4.69, 9.17) is 9.72 Å². The van der Waals surface area contributed by atoms with Crippen molar-refractivity contribution in [1.82, 2.24) is 10.3 Å². The number of carboxylic acid groups (broad SMARTS) is 1. The van der Waals surface area contributed by atoms with Crippen molar-refractivity contribution in [3.8, 4) is 5.75 Å². The Morgan fingerprint density at radius 1 is 1.20 bits per heavy atom. The number of fused-ring (bicyclic) bond motifs is 1. The summed E-state index contributed by atoms with van der Waals surface area (Å²) in [7, 11) is 1.44.